The summed E-state index contributed by atoms with van der Waals surface area (Å²) in [5, 5.41) is 14.8. The monoisotopic (exact) mass is 233 g/mol. The number of alkyl halides is 1. The van der Waals surface area contributed by atoms with Crippen molar-refractivity contribution < 1.29 is 4.74 Å². The Morgan fingerprint density at radius 1 is 1.47 bits per heavy atom. The molecule has 0 fully saturated rings. The van der Waals surface area contributed by atoms with Crippen molar-refractivity contribution in [3.63, 3.8) is 0 Å². The Hall–Kier alpha value is -0.720. The van der Waals surface area contributed by atoms with Gasteiger partial charge in [0.2, 0.25) is 0 Å². The van der Waals surface area contributed by atoms with Crippen molar-refractivity contribution in [1.29, 1.82) is 0 Å². The third-order valence-corrected chi connectivity index (χ3v) is 1.85. The van der Waals surface area contributed by atoms with Gasteiger partial charge in [-0.1, -0.05) is 0 Å². The van der Waals surface area contributed by atoms with Crippen LogP contribution in [-0.4, -0.2) is 45.8 Å². The van der Waals surface area contributed by atoms with E-state index in [2.05, 4.69) is 20.7 Å². The van der Waals surface area contributed by atoms with Crippen LogP contribution in [0.2, 0.25) is 0 Å². The summed E-state index contributed by atoms with van der Waals surface area (Å²) in [6, 6.07) is 0. The molecule has 0 aliphatic rings. The molecule has 0 amide bonds. The average Bonchev–Trinajstić information content (AvgIpc) is 2.63. The highest BCUT2D eigenvalue weighted by Gasteiger charge is 1.98. The summed E-state index contributed by atoms with van der Waals surface area (Å²) in [6.07, 6.45) is 0.956. The standard InChI is InChI=1S/C8H16ClN5O/c1-14-12-8(11-13-14)7-10-4-2-5-15-6-3-9/h10H,2-7H2,1H3. The highest BCUT2D eigenvalue weighted by molar-refractivity contribution is 6.17. The maximum atomic E-state index is 5.46. The molecule has 0 aromatic carbocycles. The molecular formula is C8H16ClN5O. The molecule has 86 valence electrons. The molecule has 0 unspecified atom stereocenters. The SMILES string of the molecule is Cn1nnc(CNCCCOCCCl)n1. The zero-order valence-electron chi connectivity index (χ0n) is 8.82. The maximum absolute atomic E-state index is 5.46. The first kappa shape index (κ1) is 12.4. The zero-order valence-corrected chi connectivity index (χ0v) is 9.57. The molecule has 0 aliphatic carbocycles. The van der Waals surface area contributed by atoms with E-state index in [9.17, 15) is 0 Å². The third-order valence-electron chi connectivity index (χ3n) is 1.70. The second kappa shape index (κ2) is 7.56. The van der Waals surface area contributed by atoms with Crippen LogP contribution in [-0.2, 0) is 18.3 Å². The van der Waals surface area contributed by atoms with Gasteiger partial charge in [-0.15, -0.1) is 21.8 Å². The third kappa shape index (κ3) is 5.66. The van der Waals surface area contributed by atoms with Crippen LogP contribution in [0, 0.1) is 0 Å². The number of halogens is 1. The number of nitrogens with zero attached hydrogens (tertiary/aromatic N) is 4. The second-order valence-electron chi connectivity index (χ2n) is 3.03. The molecule has 7 heteroatoms. The highest BCUT2D eigenvalue weighted by Crippen LogP contribution is 1.86. The lowest BCUT2D eigenvalue weighted by Gasteiger charge is -2.02. The number of ether oxygens (including phenoxy) is 1. The molecule has 0 bridgehead atoms. The minimum Gasteiger partial charge on any atom is -0.380 e. The largest absolute Gasteiger partial charge is 0.380 e. The summed E-state index contributed by atoms with van der Waals surface area (Å²) < 4.78 is 5.22. The molecule has 1 N–H and O–H groups in total. The fourth-order valence-electron chi connectivity index (χ4n) is 1.05. The summed E-state index contributed by atoms with van der Waals surface area (Å²) in [5.74, 6) is 1.26. The number of hydrogen-bond acceptors (Lipinski definition) is 5. The van der Waals surface area contributed by atoms with Gasteiger partial charge in [-0.05, 0) is 18.2 Å². The minimum atomic E-state index is 0.553. The number of rotatable bonds is 8. The van der Waals surface area contributed by atoms with E-state index in [4.69, 9.17) is 16.3 Å². The van der Waals surface area contributed by atoms with E-state index in [0.29, 0.717) is 24.9 Å². The molecule has 6 nitrogen and oxygen atoms in total. The van der Waals surface area contributed by atoms with E-state index >= 15 is 0 Å². The molecule has 1 aromatic heterocycles. The van der Waals surface area contributed by atoms with E-state index in [1.807, 2.05) is 0 Å². The van der Waals surface area contributed by atoms with Crippen molar-refractivity contribution in [2.45, 2.75) is 13.0 Å². The maximum Gasteiger partial charge on any atom is 0.188 e. The highest BCUT2D eigenvalue weighted by atomic mass is 35.5. The van der Waals surface area contributed by atoms with E-state index in [1.54, 1.807) is 7.05 Å². The number of aromatic nitrogens is 4. The summed E-state index contributed by atoms with van der Waals surface area (Å²) in [6.45, 7) is 2.87. The minimum absolute atomic E-state index is 0.553. The fourth-order valence-corrected chi connectivity index (χ4v) is 1.16. The van der Waals surface area contributed by atoms with E-state index in [1.165, 1.54) is 4.80 Å². The van der Waals surface area contributed by atoms with Crippen molar-refractivity contribution in [2.24, 2.45) is 7.05 Å². The number of nitrogens with one attached hydrogen (secondary N) is 1. The lowest BCUT2D eigenvalue weighted by atomic mass is 10.4. The first-order valence-electron chi connectivity index (χ1n) is 4.90. The van der Waals surface area contributed by atoms with E-state index < -0.39 is 0 Å². The van der Waals surface area contributed by atoms with Crippen LogP contribution in [0.4, 0.5) is 0 Å². The van der Waals surface area contributed by atoms with Gasteiger partial charge in [0.15, 0.2) is 5.82 Å². The molecular weight excluding hydrogens is 218 g/mol. The molecule has 0 aliphatic heterocycles. The Kier molecular flexibility index (Phi) is 6.22. The van der Waals surface area contributed by atoms with Gasteiger partial charge in [0, 0.05) is 12.5 Å². The Morgan fingerprint density at radius 2 is 2.33 bits per heavy atom. The van der Waals surface area contributed by atoms with Gasteiger partial charge in [0.1, 0.15) is 0 Å². The normalized spacial score (nSPS) is 10.8. The molecule has 1 aromatic rings. The van der Waals surface area contributed by atoms with Crippen molar-refractivity contribution in [3.05, 3.63) is 5.82 Å². The molecule has 0 saturated carbocycles. The summed E-state index contributed by atoms with van der Waals surface area (Å²) in [4.78, 5) is 1.45. The number of aryl methyl sites for hydroxylation is 1. The van der Waals surface area contributed by atoms with Crippen molar-refractivity contribution >= 4 is 11.6 Å². The van der Waals surface area contributed by atoms with Gasteiger partial charge in [-0.2, -0.15) is 4.80 Å². The average molecular weight is 234 g/mol. The predicted molar refractivity (Wildman–Crippen MR) is 56.7 cm³/mol. The fraction of sp³-hybridized carbons (Fsp3) is 0.875. The van der Waals surface area contributed by atoms with Crippen LogP contribution in [0.3, 0.4) is 0 Å². The summed E-state index contributed by atoms with van der Waals surface area (Å²) in [5.41, 5.74) is 0. The molecule has 0 spiro atoms. The molecule has 15 heavy (non-hydrogen) atoms. The van der Waals surface area contributed by atoms with Crippen molar-refractivity contribution in [1.82, 2.24) is 25.5 Å². The molecule has 0 radical (unpaired) electrons. The van der Waals surface area contributed by atoms with Crippen molar-refractivity contribution in [3.8, 4) is 0 Å². The quantitative estimate of drug-likeness (QED) is 0.504. The molecule has 1 rings (SSSR count). The van der Waals surface area contributed by atoms with Gasteiger partial charge in [0.05, 0.1) is 20.2 Å². The van der Waals surface area contributed by atoms with Crippen molar-refractivity contribution in [2.75, 3.05) is 25.6 Å². The topological polar surface area (TPSA) is 64.9 Å². The lowest BCUT2D eigenvalue weighted by molar-refractivity contribution is 0.146. The number of hydrogen-bond donors (Lipinski definition) is 1. The van der Waals surface area contributed by atoms with Crippen LogP contribution in [0.25, 0.3) is 0 Å². The van der Waals surface area contributed by atoms with Gasteiger partial charge in [-0.25, -0.2) is 0 Å². The summed E-state index contributed by atoms with van der Waals surface area (Å²) in [7, 11) is 1.75. The zero-order chi connectivity index (χ0) is 10.9. The Balaban J connectivity index is 1.93. The Morgan fingerprint density at radius 3 is 3.00 bits per heavy atom. The van der Waals surface area contributed by atoms with E-state index in [0.717, 1.165) is 19.6 Å². The predicted octanol–water partition coefficient (Wildman–Crippen LogP) is -0.0548. The molecule has 0 saturated heterocycles. The van der Waals surface area contributed by atoms with Crippen LogP contribution >= 0.6 is 11.6 Å². The molecule has 0 atom stereocenters. The van der Waals surface area contributed by atoms with Crippen LogP contribution in [0.1, 0.15) is 12.2 Å². The Labute approximate surface area is 93.9 Å². The second-order valence-corrected chi connectivity index (χ2v) is 3.40. The van der Waals surface area contributed by atoms with Crippen LogP contribution < -0.4 is 5.32 Å². The molecule has 1 heterocycles. The van der Waals surface area contributed by atoms with Gasteiger partial charge in [-0.3, -0.25) is 0 Å². The first-order valence-corrected chi connectivity index (χ1v) is 5.43. The lowest BCUT2D eigenvalue weighted by Crippen LogP contribution is -2.17. The summed E-state index contributed by atoms with van der Waals surface area (Å²) >= 11 is 5.46. The van der Waals surface area contributed by atoms with Gasteiger partial charge < -0.3 is 10.1 Å². The first-order chi connectivity index (χ1) is 7.33. The Bertz CT molecular complexity index is 267. The van der Waals surface area contributed by atoms with Crippen LogP contribution in [0.15, 0.2) is 0 Å². The van der Waals surface area contributed by atoms with Gasteiger partial charge in [0.25, 0.3) is 0 Å². The number of tetrazole rings is 1. The van der Waals surface area contributed by atoms with Gasteiger partial charge >= 0.3 is 0 Å². The smallest absolute Gasteiger partial charge is 0.188 e. The van der Waals surface area contributed by atoms with Crippen LogP contribution in [0.5, 0.6) is 0 Å². The van der Waals surface area contributed by atoms with E-state index in [-0.39, 0.29) is 0 Å².